The molecule has 3 aromatic rings. The van der Waals surface area contributed by atoms with Gasteiger partial charge in [-0.1, -0.05) is 12.1 Å². The van der Waals surface area contributed by atoms with Crippen LogP contribution in [-0.4, -0.2) is 66.5 Å². The Morgan fingerprint density at radius 2 is 1.87 bits per heavy atom. The van der Waals surface area contributed by atoms with Crippen molar-refractivity contribution in [3.8, 4) is 22.8 Å². The highest BCUT2D eigenvalue weighted by atomic mass is 16.5. The number of H-pyrrole nitrogens is 1. The number of fused-ring (bicyclic) bond motifs is 2. The first-order chi connectivity index (χ1) is 18.5. The van der Waals surface area contributed by atoms with E-state index in [0.29, 0.717) is 26.3 Å². The maximum Gasteiger partial charge on any atom is 0.407 e. The van der Waals surface area contributed by atoms with Crippen LogP contribution in [0.1, 0.15) is 30.4 Å². The number of nitrogens with zero attached hydrogens (tertiary/aromatic N) is 2. The Labute approximate surface area is 221 Å². The number of aromatic amines is 1. The van der Waals surface area contributed by atoms with Gasteiger partial charge >= 0.3 is 6.09 Å². The van der Waals surface area contributed by atoms with Crippen molar-refractivity contribution in [1.82, 2.24) is 9.88 Å². The summed E-state index contributed by atoms with van der Waals surface area (Å²) in [7, 11) is 0. The first-order valence-corrected chi connectivity index (χ1v) is 13.3. The summed E-state index contributed by atoms with van der Waals surface area (Å²) in [6.45, 7) is 3.96. The zero-order valence-electron chi connectivity index (χ0n) is 21.2. The highest BCUT2D eigenvalue weighted by Crippen LogP contribution is 2.43. The summed E-state index contributed by atoms with van der Waals surface area (Å²) in [4.78, 5) is 30.6. The van der Waals surface area contributed by atoms with Crippen LogP contribution < -0.4 is 20.5 Å². The molecule has 3 N–H and O–H groups in total. The molecule has 6 rings (SSSR count). The Kier molecular flexibility index (Phi) is 6.68. The van der Waals surface area contributed by atoms with Crippen molar-refractivity contribution >= 4 is 17.5 Å². The molecule has 3 aliphatic heterocycles. The van der Waals surface area contributed by atoms with E-state index in [1.807, 2.05) is 30.3 Å². The van der Waals surface area contributed by atoms with Crippen molar-refractivity contribution in [1.29, 1.82) is 0 Å². The van der Waals surface area contributed by atoms with Gasteiger partial charge in [0.25, 0.3) is 0 Å². The van der Waals surface area contributed by atoms with Crippen molar-refractivity contribution in [2.24, 2.45) is 0 Å². The molecule has 9 nitrogen and oxygen atoms in total. The molecule has 0 saturated carbocycles. The highest BCUT2D eigenvalue weighted by Gasteiger charge is 2.24. The van der Waals surface area contributed by atoms with E-state index in [4.69, 9.17) is 9.47 Å². The van der Waals surface area contributed by atoms with Gasteiger partial charge in [0.1, 0.15) is 11.5 Å². The number of aromatic nitrogens is 1. The predicted octanol–water partition coefficient (Wildman–Crippen LogP) is 4.52. The van der Waals surface area contributed by atoms with Gasteiger partial charge in [0.2, 0.25) is 5.56 Å². The fourth-order valence-electron chi connectivity index (χ4n) is 5.62. The van der Waals surface area contributed by atoms with Gasteiger partial charge < -0.3 is 34.7 Å². The lowest BCUT2D eigenvalue weighted by atomic mass is 9.96. The summed E-state index contributed by atoms with van der Waals surface area (Å²) in [6, 6.07) is 16.1. The average Bonchev–Trinajstić information content (AvgIpc) is 3.17. The first-order valence-electron chi connectivity index (χ1n) is 13.3. The fourth-order valence-corrected chi connectivity index (χ4v) is 5.62. The zero-order valence-corrected chi connectivity index (χ0v) is 21.2. The zero-order chi connectivity index (χ0) is 26.1. The fraction of sp³-hybridized carbons (Fsp3) is 0.379. The van der Waals surface area contributed by atoms with E-state index < -0.39 is 6.09 Å². The molecule has 2 aromatic carbocycles. The number of ether oxygens (including phenoxy) is 2. The van der Waals surface area contributed by atoms with Gasteiger partial charge in [-0.2, -0.15) is 0 Å². The van der Waals surface area contributed by atoms with Crippen LogP contribution >= 0.6 is 0 Å². The van der Waals surface area contributed by atoms with E-state index in [0.717, 1.165) is 84.0 Å². The van der Waals surface area contributed by atoms with Crippen LogP contribution in [0.4, 0.5) is 16.2 Å². The molecular formula is C29H32N4O5. The van der Waals surface area contributed by atoms with Crippen molar-refractivity contribution in [2.45, 2.75) is 31.7 Å². The lowest BCUT2D eigenvalue weighted by Crippen LogP contribution is -2.36. The van der Waals surface area contributed by atoms with Crippen LogP contribution in [0, 0.1) is 0 Å². The number of benzene rings is 2. The molecule has 0 spiro atoms. The lowest BCUT2D eigenvalue weighted by Gasteiger charge is -2.29. The van der Waals surface area contributed by atoms with Crippen LogP contribution in [0.3, 0.4) is 0 Å². The van der Waals surface area contributed by atoms with Crippen LogP contribution in [0.15, 0.2) is 53.3 Å². The molecule has 0 bridgehead atoms. The second-order valence-electron chi connectivity index (χ2n) is 10.2. The SMILES string of the molecule is O=C(O)N1CCCC(Nc2ccc3c(c2)Cc2cccc(-c4cc(N5CCOCC5)cc(=O)[nH]4)c2O3)CC1. The molecule has 1 atom stereocenters. The maximum absolute atomic E-state index is 12.6. The van der Waals surface area contributed by atoms with Gasteiger partial charge in [-0.3, -0.25) is 4.79 Å². The molecule has 1 unspecified atom stereocenters. The van der Waals surface area contributed by atoms with E-state index in [1.54, 1.807) is 6.07 Å². The Balaban J connectivity index is 1.22. The number of likely N-dealkylation sites (tertiary alicyclic amines) is 1. The second-order valence-corrected chi connectivity index (χ2v) is 10.2. The number of morpholine rings is 1. The molecule has 1 amide bonds. The smallest absolute Gasteiger partial charge is 0.407 e. The van der Waals surface area contributed by atoms with Gasteiger partial charge in [-0.15, -0.1) is 0 Å². The number of nitrogens with one attached hydrogen (secondary N) is 2. The maximum atomic E-state index is 12.6. The number of carboxylic acid groups (broad SMARTS) is 1. The quantitative estimate of drug-likeness (QED) is 0.366. The number of carbonyl (C=O) groups is 1. The minimum atomic E-state index is -0.841. The van der Waals surface area contributed by atoms with Crippen molar-refractivity contribution in [3.63, 3.8) is 0 Å². The number of hydrogen-bond donors (Lipinski definition) is 3. The van der Waals surface area contributed by atoms with E-state index in [-0.39, 0.29) is 11.6 Å². The largest absolute Gasteiger partial charge is 0.465 e. The Hall–Kier alpha value is -3.98. The van der Waals surface area contributed by atoms with Crippen molar-refractivity contribution in [3.05, 3.63) is 70.0 Å². The summed E-state index contributed by atoms with van der Waals surface area (Å²) in [6.07, 6.45) is 2.45. The summed E-state index contributed by atoms with van der Waals surface area (Å²) in [5, 5.41) is 12.9. The first kappa shape index (κ1) is 24.4. The van der Waals surface area contributed by atoms with Crippen LogP contribution in [0.25, 0.3) is 11.3 Å². The molecular weight excluding hydrogens is 484 g/mol. The van der Waals surface area contributed by atoms with Crippen LogP contribution in [0.5, 0.6) is 11.5 Å². The molecule has 0 aliphatic carbocycles. The van der Waals surface area contributed by atoms with Gasteiger partial charge in [0.15, 0.2) is 0 Å². The number of amides is 1. The Morgan fingerprint density at radius 1 is 1.00 bits per heavy atom. The number of anilines is 2. The average molecular weight is 517 g/mol. The molecule has 38 heavy (non-hydrogen) atoms. The second kappa shape index (κ2) is 10.4. The molecule has 2 saturated heterocycles. The van der Waals surface area contributed by atoms with E-state index in [1.165, 1.54) is 4.90 Å². The molecule has 0 radical (unpaired) electrons. The molecule has 1 aromatic heterocycles. The van der Waals surface area contributed by atoms with Gasteiger partial charge in [-0.25, -0.2) is 4.79 Å². The molecule has 198 valence electrons. The highest BCUT2D eigenvalue weighted by molar-refractivity contribution is 5.74. The standard InChI is InChI=1S/C29H32N4O5/c34-27-18-23(32-11-13-37-14-12-32)17-25(31-27)24-5-1-3-19-15-20-16-22(6-7-26(20)38-28(19)24)30-21-4-2-9-33(10-8-21)29(35)36/h1,3,5-7,16-18,21,30H,2,4,8-15H2,(H,31,34)(H,35,36). The predicted molar refractivity (Wildman–Crippen MR) is 146 cm³/mol. The Morgan fingerprint density at radius 3 is 2.71 bits per heavy atom. The third-order valence-corrected chi connectivity index (χ3v) is 7.61. The van der Waals surface area contributed by atoms with Gasteiger partial charge in [0.05, 0.1) is 18.9 Å². The summed E-state index contributed by atoms with van der Waals surface area (Å²) in [5.74, 6) is 1.58. The molecule has 3 aliphatic rings. The van der Waals surface area contributed by atoms with Crippen LogP contribution in [-0.2, 0) is 11.2 Å². The van der Waals surface area contributed by atoms with Gasteiger partial charge in [-0.05, 0) is 55.2 Å². The third kappa shape index (κ3) is 5.06. The topological polar surface area (TPSA) is 107 Å². The molecule has 9 heteroatoms. The lowest BCUT2D eigenvalue weighted by molar-refractivity contribution is 0.122. The minimum absolute atomic E-state index is 0.140. The van der Waals surface area contributed by atoms with E-state index in [9.17, 15) is 14.7 Å². The number of pyridine rings is 1. The van der Waals surface area contributed by atoms with E-state index >= 15 is 0 Å². The van der Waals surface area contributed by atoms with Crippen molar-refractivity contribution in [2.75, 3.05) is 49.6 Å². The monoisotopic (exact) mass is 516 g/mol. The molecule has 2 fully saturated rings. The minimum Gasteiger partial charge on any atom is -0.465 e. The number of rotatable bonds is 4. The summed E-state index contributed by atoms with van der Waals surface area (Å²) >= 11 is 0. The third-order valence-electron chi connectivity index (χ3n) is 7.61. The van der Waals surface area contributed by atoms with E-state index in [2.05, 4.69) is 27.3 Å². The summed E-state index contributed by atoms with van der Waals surface area (Å²) < 4.78 is 11.9. The van der Waals surface area contributed by atoms with Crippen molar-refractivity contribution < 1.29 is 19.4 Å². The number of para-hydroxylation sites is 1. The molecule has 4 heterocycles. The number of hydrogen-bond acceptors (Lipinski definition) is 6. The summed E-state index contributed by atoms with van der Waals surface area (Å²) in [5.41, 5.74) is 5.53. The normalized spacial score (nSPS) is 19.1. The van der Waals surface area contributed by atoms with Crippen LogP contribution in [0.2, 0.25) is 0 Å². The Bertz CT molecular complexity index is 1400. The van der Waals surface area contributed by atoms with Gasteiger partial charge in [0, 0.05) is 67.2 Å².